The molecule has 0 aliphatic heterocycles. The van der Waals surface area contributed by atoms with E-state index in [1.807, 2.05) is 11.8 Å². The molecule has 0 radical (unpaired) electrons. The first-order valence-corrected chi connectivity index (χ1v) is 5.11. The van der Waals surface area contributed by atoms with Crippen LogP contribution in [0.5, 0.6) is 0 Å². The first kappa shape index (κ1) is 11.1. The SMILES string of the molecule is C/C(=C\SC(C)C)C(C)(C)C. The summed E-state index contributed by atoms with van der Waals surface area (Å²) in [5.41, 5.74) is 1.80. The average Bonchev–Trinajstić information content (AvgIpc) is 1.80. The molecule has 66 valence electrons. The van der Waals surface area contributed by atoms with E-state index in [0.717, 1.165) is 0 Å². The molecule has 0 aromatic rings. The Morgan fingerprint density at radius 2 is 1.73 bits per heavy atom. The van der Waals surface area contributed by atoms with Gasteiger partial charge in [0.05, 0.1) is 0 Å². The normalized spacial score (nSPS) is 14.3. The molecular weight excluding hydrogens is 152 g/mol. The van der Waals surface area contributed by atoms with Gasteiger partial charge in [0.25, 0.3) is 0 Å². The van der Waals surface area contributed by atoms with Crippen LogP contribution in [-0.4, -0.2) is 5.25 Å². The molecule has 1 heteroatoms. The van der Waals surface area contributed by atoms with Crippen LogP contribution in [-0.2, 0) is 0 Å². The lowest BCUT2D eigenvalue weighted by atomic mass is 9.89. The summed E-state index contributed by atoms with van der Waals surface area (Å²) in [6.07, 6.45) is 0. The summed E-state index contributed by atoms with van der Waals surface area (Å²) in [7, 11) is 0. The highest BCUT2D eigenvalue weighted by molar-refractivity contribution is 8.02. The van der Waals surface area contributed by atoms with Gasteiger partial charge in [0, 0.05) is 5.25 Å². The van der Waals surface area contributed by atoms with Crippen molar-refractivity contribution in [1.29, 1.82) is 0 Å². The maximum Gasteiger partial charge on any atom is 0.00317 e. The minimum atomic E-state index is 0.335. The molecule has 0 heterocycles. The molecule has 0 amide bonds. The fraction of sp³-hybridized carbons (Fsp3) is 0.800. The summed E-state index contributed by atoms with van der Waals surface area (Å²) < 4.78 is 0. The fourth-order valence-corrected chi connectivity index (χ4v) is 1.24. The van der Waals surface area contributed by atoms with E-state index in [1.165, 1.54) is 5.57 Å². The van der Waals surface area contributed by atoms with Gasteiger partial charge >= 0.3 is 0 Å². The van der Waals surface area contributed by atoms with Gasteiger partial charge in [-0.15, -0.1) is 11.8 Å². The molecule has 0 unspecified atom stereocenters. The predicted molar refractivity (Wildman–Crippen MR) is 55.9 cm³/mol. The fourth-order valence-electron chi connectivity index (χ4n) is 0.415. The van der Waals surface area contributed by atoms with Crippen molar-refractivity contribution < 1.29 is 0 Å². The number of hydrogen-bond acceptors (Lipinski definition) is 1. The summed E-state index contributed by atoms with van der Waals surface area (Å²) in [5, 5.41) is 2.98. The molecule has 0 spiro atoms. The Morgan fingerprint density at radius 1 is 1.27 bits per heavy atom. The van der Waals surface area contributed by atoms with Crippen LogP contribution >= 0.6 is 11.8 Å². The largest absolute Gasteiger partial charge is 0.131 e. The van der Waals surface area contributed by atoms with Crippen molar-refractivity contribution in [2.24, 2.45) is 5.41 Å². The highest BCUT2D eigenvalue weighted by Crippen LogP contribution is 2.27. The number of allylic oxidation sites excluding steroid dienone is 1. The van der Waals surface area contributed by atoms with E-state index in [2.05, 4.69) is 47.0 Å². The quantitative estimate of drug-likeness (QED) is 0.605. The standard InChI is InChI=1S/C10H20S/c1-8(2)11-7-9(3)10(4,5)6/h7-8H,1-6H3/b9-7+. The van der Waals surface area contributed by atoms with Crippen LogP contribution in [0.15, 0.2) is 11.0 Å². The average molecular weight is 172 g/mol. The number of thioether (sulfide) groups is 1. The van der Waals surface area contributed by atoms with Crippen LogP contribution in [0.1, 0.15) is 41.5 Å². The van der Waals surface area contributed by atoms with Gasteiger partial charge in [0.1, 0.15) is 0 Å². The molecular formula is C10H20S. The van der Waals surface area contributed by atoms with Gasteiger partial charge in [-0.25, -0.2) is 0 Å². The maximum atomic E-state index is 2.28. The second-order valence-electron chi connectivity index (χ2n) is 4.24. The monoisotopic (exact) mass is 172 g/mol. The predicted octanol–water partition coefficient (Wildman–Crippen LogP) is 4.08. The smallest absolute Gasteiger partial charge is 0.00317 e. The van der Waals surface area contributed by atoms with Crippen LogP contribution in [0.25, 0.3) is 0 Å². The van der Waals surface area contributed by atoms with Crippen LogP contribution in [0.2, 0.25) is 0 Å². The molecule has 0 atom stereocenters. The molecule has 0 fully saturated rings. The zero-order valence-corrected chi connectivity index (χ0v) is 9.38. The molecule has 0 N–H and O–H groups in total. The van der Waals surface area contributed by atoms with Crippen molar-refractivity contribution in [3.05, 3.63) is 11.0 Å². The van der Waals surface area contributed by atoms with Crippen LogP contribution in [0, 0.1) is 5.41 Å². The minimum Gasteiger partial charge on any atom is -0.131 e. The van der Waals surface area contributed by atoms with Gasteiger partial charge in [-0.2, -0.15) is 0 Å². The first-order valence-electron chi connectivity index (χ1n) is 4.16. The Balaban J connectivity index is 4.02. The maximum absolute atomic E-state index is 2.28. The van der Waals surface area contributed by atoms with Gasteiger partial charge in [0.15, 0.2) is 0 Å². The van der Waals surface area contributed by atoms with E-state index in [0.29, 0.717) is 10.7 Å². The third kappa shape index (κ3) is 5.37. The van der Waals surface area contributed by atoms with Crippen LogP contribution in [0.3, 0.4) is 0 Å². The highest BCUT2D eigenvalue weighted by atomic mass is 32.2. The van der Waals surface area contributed by atoms with Crippen molar-refractivity contribution >= 4 is 11.8 Å². The topological polar surface area (TPSA) is 0 Å². The first-order chi connectivity index (χ1) is 4.84. The Kier molecular flexibility index (Phi) is 4.23. The van der Waals surface area contributed by atoms with Gasteiger partial charge in [-0.05, 0) is 17.7 Å². The lowest BCUT2D eigenvalue weighted by Crippen LogP contribution is -2.05. The summed E-state index contributed by atoms with van der Waals surface area (Å²) in [6, 6.07) is 0. The summed E-state index contributed by atoms with van der Waals surface area (Å²) >= 11 is 1.90. The molecule has 0 rings (SSSR count). The molecule has 0 saturated carbocycles. The molecule has 0 saturated heterocycles. The van der Waals surface area contributed by atoms with E-state index in [9.17, 15) is 0 Å². The molecule has 0 nitrogen and oxygen atoms in total. The van der Waals surface area contributed by atoms with Gasteiger partial charge in [-0.3, -0.25) is 0 Å². The summed E-state index contributed by atoms with van der Waals surface area (Å²) in [4.78, 5) is 0. The Bertz CT molecular complexity index is 137. The van der Waals surface area contributed by atoms with E-state index in [-0.39, 0.29) is 0 Å². The van der Waals surface area contributed by atoms with Crippen molar-refractivity contribution in [2.45, 2.75) is 46.8 Å². The third-order valence-electron chi connectivity index (χ3n) is 1.70. The number of hydrogen-bond donors (Lipinski definition) is 0. The Labute approximate surface area is 75.5 Å². The second-order valence-corrected chi connectivity index (χ2v) is 5.69. The van der Waals surface area contributed by atoms with Crippen molar-refractivity contribution in [3.8, 4) is 0 Å². The molecule has 0 aromatic carbocycles. The lowest BCUT2D eigenvalue weighted by molar-refractivity contribution is 0.505. The second kappa shape index (κ2) is 4.20. The Morgan fingerprint density at radius 3 is 2.00 bits per heavy atom. The van der Waals surface area contributed by atoms with Crippen molar-refractivity contribution in [1.82, 2.24) is 0 Å². The van der Waals surface area contributed by atoms with Gasteiger partial charge in [0.2, 0.25) is 0 Å². The van der Waals surface area contributed by atoms with E-state index >= 15 is 0 Å². The zero-order valence-electron chi connectivity index (χ0n) is 8.56. The molecule has 0 bridgehead atoms. The van der Waals surface area contributed by atoms with Crippen molar-refractivity contribution in [3.63, 3.8) is 0 Å². The van der Waals surface area contributed by atoms with Crippen LogP contribution in [0.4, 0.5) is 0 Å². The van der Waals surface area contributed by atoms with Crippen LogP contribution < -0.4 is 0 Å². The molecule has 0 aliphatic rings. The molecule has 0 aliphatic carbocycles. The van der Waals surface area contributed by atoms with E-state index in [1.54, 1.807) is 0 Å². The Hall–Kier alpha value is 0.0900. The van der Waals surface area contributed by atoms with Crippen molar-refractivity contribution in [2.75, 3.05) is 0 Å². The van der Waals surface area contributed by atoms with Gasteiger partial charge in [-0.1, -0.05) is 40.2 Å². The zero-order chi connectivity index (χ0) is 9.07. The van der Waals surface area contributed by atoms with E-state index in [4.69, 9.17) is 0 Å². The summed E-state index contributed by atoms with van der Waals surface area (Å²) in [5.74, 6) is 0. The summed E-state index contributed by atoms with van der Waals surface area (Å²) in [6.45, 7) is 13.4. The number of rotatable bonds is 2. The van der Waals surface area contributed by atoms with E-state index < -0.39 is 0 Å². The van der Waals surface area contributed by atoms with Gasteiger partial charge < -0.3 is 0 Å². The highest BCUT2D eigenvalue weighted by Gasteiger charge is 2.11. The third-order valence-corrected chi connectivity index (χ3v) is 2.73. The molecule has 11 heavy (non-hydrogen) atoms. The molecule has 0 aromatic heterocycles. The lowest BCUT2D eigenvalue weighted by Gasteiger charge is -2.19. The minimum absolute atomic E-state index is 0.335.